The number of thioether (sulfide) groups is 1. The molecule has 0 aromatic heterocycles. The Kier molecular flexibility index (Phi) is 5.38. The third-order valence-corrected chi connectivity index (χ3v) is 8.32. The van der Waals surface area contributed by atoms with Gasteiger partial charge in [0.15, 0.2) is 0 Å². The summed E-state index contributed by atoms with van der Waals surface area (Å²) in [4.78, 5) is 11.4. The first-order valence-corrected chi connectivity index (χ1v) is 11.2. The van der Waals surface area contributed by atoms with Gasteiger partial charge in [-0.25, -0.2) is 4.79 Å². The minimum Gasteiger partial charge on any atom is -0.478 e. The maximum atomic E-state index is 11.4. The summed E-state index contributed by atoms with van der Waals surface area (Å²) < 4.78 is -0.144. The van der Waals surface area contributed by atoms with E-state index >= 15 is 0 Å². The normalized spacial score (nSPS) is 26.0. The Hall–Kier alpha value is -1.48. The maximum absolute atomic E-state index is 11.4. The molecule has 1 unspecified atom stereocenters. The molecule has 1 heterocycles. The van der Waals surface area contributed by atoms with Gasteiger partial charge in [-0.15, -0.1) is 11.8 Å². The van der Waals surface area contributed by atoms with Crippen molar-refractivity contribution in [3.8, 4) is 0 Å². The number of fused-ring (bicyclic) bond motifs is 1. The molecule has 0 fully saturated rings. The number of aryl methyl sites for hydroxylation is 1. The van der Waals surface area contributed by atoms with Gasteiger partial charge in [-0.1, -0.05) is 52.8 Å². The first kappa shape index (κ1) is 21.2. The number of rotatable bonds is 4. The van der Waals surface area contributed by atoms with Gasteiger partial charge in [0, 0.05) is 10.3 Å². The van der Waals surface area contributed by atoms with Crippen molar-refractivity contribution in [3.63, 3.8) is 0 Å². The lowest BCUT2D eigenvalue weighted by atomic mass is 9.62. The molecule has 152 valence electrons. The van der Waals surface area contributed by atoms with Crippen LogP contribution in [0.4, 0.5) is 0 Å². The Morgan fingerprint density at radius 2 is 1.71 bits per heavy atom. The van der Waals surface area contributed by atoms with Gasteiger partial charge in [0.2, 0.25) is 0 Å². The Morgan fingerprint density at radius 1 is 1.14 bits per heavy atom. The van der Waals surface area contributed by atoms with E-state index in [0.29, 0.717) is 12.0 Å². The molecule has 1 N–H and O–H groups in total. The Balaban J connectivity index is 2.05. The molecule has 1 aliphatic carbocycles. The molecule has 0 radical (unpaired) electrons. The van der Waals surface area contributed by atoms with E-state index in [2.05, 4.69) is 66.7 Å². The van der Waals surface area contributed by atoms with Crippen LogP contribution in [0.1, 0.15) is 89.5 Å². The van der Waals surface area contributed by atoms with Gasteiger partial charge in [0.05, 0.1) is 0 Å². The van der Waals surface area contributed by atoms with Crippen molar-refractivity contribution in [3.05, 3.63) is 51.4 Å². The van der Waals surface area contributed by atoms with Crippen LogP contribution in [0, 0.1) is 6.92 Å². The smallest absolute Gasteiger partial charge is 0.332 e. The molecule has 1 aromatic rings. The highest BCUT2D eigenvalue weighted by Gasteiger charge is 2.38. The van der Waals surface area contributed by atoms with Crippen LogP contribution >= 0.6 is 11.8 Å². The zero-order chi connectivity index (χ0) is 20.9. The summed E-state index contributed by atoms with van der Waals surface area (Å²) in [5, 5.41) is 11.2. The van der Waals surface area contributed by atoms with Crippen molar-refractivity contribution >= 4 is 23.3 Å². The van der Waals surface area contributed by atoms with Gasteiger partial charge in [-0.2, -0.15) is 0 Å². The van der Waals surface area contributed by atoms with Crippen LogP contribution in [-0.4, -0.2) is 15.8 Å². The molecule has 1 atom stereocenters. The molecule has 0 amide bonds. The SMILES string of the molecule is CCC1(/C=C(\C)c2cc3c(cc2C)C(C)(C)CCC3(C)C)CC(C(=O)O)=CS1. The van der Waals surface area contributed by atoms with Crippen molar-refractivity contribution in [1.29, 1.82) is 0 Å². The molecule has 2 nitrogen and oxygen atoms in total. The fourth-order valence-corrected chi connectivity index (χ4v) is 5.95. The molecule has 1 aromatic carbocycles. The van der Waals surface area contributed by atoms with Crippen LogP contribution < -0.4 is 0 Å². The predicted octanol–water partition coefficient (Wildman–Crippen LogP) is 7.00. The van der Waals surface area contributed by atoms with Crippen LogP contribution in [0.2, 0.25) is 0 Å². The number of benzene rings is 1. The first-order chi connectivity index (χ1) is 12.9. The van der Waals surface area contributed by atoms with E-state index in [4.69, 9.17) is 0 Å². The minimum atomic E-state index is -0.789. The van der Waals surface area contributed by atoms with E-state index in [-0.39, 0.29) is 15.6 Å². The zero-order valence-electron chi connectivity index (χ0n) is 18.4. The molecular formula is C25H34O2S. The molecule has 0 saturated carbocycles. The van der Waals surface area contributed by atoms with Crippen molar-refractivity contribution in [2.75, 3.05) is 0 Å². The average Bonchev–Trinajstić information content (AvgIpc) is 3.03. The average molecular weight is 399 g/mol. The Morgan fingerprint density at radius 3 is 2.21 bits per heavy atom. The summed E-state index contributed by atoms with van der Waals surface area (Å²) in [5.74, 6) is -0.789. The van der Waals surface area contributed by atoms with Crippen LogP contribution in [0.15, 0.2) is 29.2 Å². The lowest BCUT2D eigenvalue weighted by molar-refractivity contribution is -0.132. The third kappa shape index (κ3) is 3.70. The van der Waals surface area contributed by atoms with Gasteiger partial charge in [-0.3, -0.25) is 0 Å². The monoisotopic (exact) mass is 398 g/mol. The molecule has 0 spiro atoms. The number of aliphatic carboxylic acids is 1. The molecular weight excluding hydrogens is 364 g/mol. The number of allylic oxidation sites excluding steroid dienone is 1. The Labute approximate surface area is 174 Å². The second-order valence-corrected chi connectivity index (χ2v) is 11.3. The molecule has 0 saturated heterocycles. The summed E-state index contributed by atoms with van der Waals surface area (Å²) in [6, 6.07) is 4.83. The van der Waals surface area contributed by atoms with Crippen molar-refractivity contribution in [2.24, 2.45) is 0 Å². The summed E-state index contributed by atoms with van der Waals surface area (Å²) in [5.41, 5.74) is 7.79. The lowest BCUT2D eigenvalue weighted by Gasteiger charge is -2.42. The first-order valence-electron chi connectivity index (χ1n) is 10.4. The summed E-state index contributed by atoms with van der Waals surface area (Å²) in [6.45, 7) is 16.0. The number of carbonyl (C=O) groups is 1. The van der Waals surface area contributed by atoms with Gasteiger partial charge in [-0.05, 0) is 83.6 Å². The summed E-state index contributed by atoms with van der Waals surface area (Å²) in [7, 11) is 0. The Bertz CT molecular complexity index is 873. The molecule has 3 rings (SSSR count). The second kappa shape index (κ2) is 7.09. The van der Waals surface area contributed by atoms with E-state index in [0.717, 1.165) is 6.42 Å². The van der Waals surface area contributed by atoms with E-state index in [9.17, 15) is 9.90 Å². The number of carboxylic acids is 1. The predicted molar refractivity (Wildman–Crippen MR) is 121 cm³/mol. The highest BCUT2D eigenvalue weighted by atomic mass is 32.2. The summed E-state index contributed by atoms with van der Waals surface area (Å²) >= 11 is 1.66. The van der Waals surface area contributed by atoms with E-state index in [1.165, 1.54) is 40.7 Å². The number of hydrogen-bond acceptors (Lipinski definition) is 2. The minimum absolute atomic E-state index is 0.144. The fourth-order valence-electron chi connectivity index (χ4n) is 4.73. The van der Waals surface area contributed by atoms with Crippen molar-refractivity contribution < 1.29 is 9.90 Å². The van der Waals surface area contributed by atoms with Crippen molar-refractivity contribution in [2.45, 2.75) is 89.7 Å². The van der Waals surface area contributed by atoms with Crippen LogP contribution in [0.25, 0.3) is 5.57 Å². The van der Waals surface area contributed by atoms with E-state index in [1.54, 1.807) is 11.8 Å². The zero-order valence-corrected chi connectivity index (χ0v) is 19.2. The number of carboxylic acid groups (broad SMARTS) is 1. The van der Waals surface area contributed by atoms with Gasteiger partial charge >= 0.3 is 5.97 Å². The fraction of sp³-hybridized carbons (Fsp3) is 0.560. The molecule has 1 aliphatic heterocycles. The molecule has 0 bridgehead atoms. The highest BCUT2D eigenvalue weighted by Crippen LogP contribution is 2.49. The number of hydrogen-bond donors (Lipinski definition) is 1. The van der Waals surface area contributed by atoms with Crippen LogP contribution in [0.3, 0.4) is 0 Å². The van der Waals surface area contributed by atoms with Gasteiger partial charge < -0.3 is 5.11 Å². The maximum Gasteiger partial charge on any atom is 0.332 e. The largest absolute Gasteiger partial charge is 0.478 e. The molecule has 28 heavy (non-hydrogen) atoms. The highest BCUT2D eigenvalue weighted by molar-refractivity contribution is 8.04. The molecule has 3 heteroatoms. The van der Waals surface area contributed by atoms with Gasteiger partial charge in [0.25, 0.3) is 0 Å². The van der Waals surface area contributed by atoms with E-state index in [1.807, 2.05) is 5.41 Å². The van der Waals surface area contributed by atoms with Crippen LogP contribution in [0.5, 0.6) is 0 Å². The second-order valence-electron chi connectivity index (χ2n) is 9.97. The van der Waals surface area contributed by atoms with Crippen molar-refractivity contribution in [1.82, 2.24) is 0 Å². The lowest BCUT2D eigenvalue weighted by Crippen LogP contribution is -2.34. The third-order valence-electron chi connectivity index (χ3n) is 6.90. The quantitative estimate of drug-likeness (QED) is 0.593. The summed E-state index contributed by atoms with van der Waals surface area (Å²) in [6.07, 6.45) is 6.27. The van der Waals surface area contributed by atoms with E-state index < -0.39 is 5.97 Å². The molecule has 2 aliphatic rings. The van der Waals surface area contributed by atoms with Crippen LogP contribution in [-0.2, 0) is 15.6 Å². The van der Waals surface area contributed by atoms with Gasteiger partial charge in [0.1, 0.15) is 0 Å². The topological polar surface area (TPSA) is 37.3 Å². The standard InChI is InChI=1S/C25H34O2S/c1-8-25(14-18(15-28-25)22(26)27)13-17(3)19-12-21-20(11-16(19)2)23(4,5)9-10-24(21,6)7/h11-13,15H,8-10,14H2,1-7H3,(H,26,27)/b17-13+.